The van der Waals surface area contributed by atoms with E-state index in [1.807, 2.05) is 70.2 Å². The number of rotatable bonds is 9. The Morgan fingerprint density at radius 2 is 1.67 bits per heavy atom. The van der Waals surface area contributed by atoms with E-state index in [9.17, 15) is 14.4 Å². The fourth-order valence-corrected chi connectivity index (χ4v) is 4.32. The van der Waals surface area contributed by atoms with Crippen LogP contribution in [0.3, 0.4) is 0 Å². The van der Waals surface area contributed by atoms with Crippen LogP contribution < -0.4 is 5.56 Å². The average Bonchev–Trinajstić information content (AvgIpc) is 3.18. The van der Waals surface area contributed by atoms with Gasteiger partial charge in [-0.2, -0.15) is 0 Å². The van der Waals surface area contributed by atoms with E-state index >= 15 is 0 Å². The molecule has 192 valence electrons. The molecule has 0 aliphatic rings. The summed E-state index contributed by atoms with van der Waals surface area (Å²) in [4.78, 5) is 41.9. The molecule has 1 N–H and O–H groups in total. The van der Waals surface area contributed by atoms with Crippen molar-refractivity contribution in [2.24, 2.45) is 0 Å². The molecule has 1 aromatic heterocycles. The van der Waals surface area contributed by atoms with Crippen LogP contribution in [0.1, 0.15) is 90.6 Å². The molecule has 3 aromatic rings. The van der Waals surface area contributed by atoms with Crippen molar-refractivity contribution in [2.45, 2.75) is 73.1 Å². The zero-order chi connectivity index (χ0) is 26.6. The van der Waals surface area contributed by atoms with Crippen LogP contribution in [0, 0.1) is 13.8 Å². The number of hydrogen-bond donors (Lipinski definition) is 1. The molecule has 0 saturated heterocycles. The molecule has 0 aliphatic carbocycles. The molecule has 0 unspecified atom stereocenters. The van der Waals surface area contributed by atoms with E-state index in [1.54, 1.807) is 4.90 Å². The van der Waals surface area contributed by atoms with Gasteiger partial charge in [-0.15, -0.1) is 0 Å². The van der Waals surface area contributed by atoms with Gasteiger partial charge in [0.25, 0.3) is 11.5 Å². The maximum Gasteiger partial charge on any atom is 0.282 e. The van der Waals surface area contributed by atoms with Gasteiger partial charge in [-0.3, -0.25) is 19.5 Å². The number of carbonyl (C=O) groups excluding carboxylic acids is 2. The topological polar surface area (TPSA) is 75.2 Å². The zero-order valence-electron chi connectivity index (χ0n) is 22.7. The van der Waals surface area contributed by atoms with E-state index in [1.165, 1.54) is 4.68 Å². The lowest BCUT2D eigenvalue weighted by Gasteiger charge is -2.23. The molecule has 0 atom stereocenters. The fraction of sp³-hybridized carbons (Fsp3) is 0.433. The van der Waals surface area contributed by atoms with E-state index in [0.29, 0.717) is 24.2 Å². The number of hydrogen-bond acceptors (Lipinski definition) is 3. The summed E-state index contributed by atoms with van der Waals surface area (Å²) in [6.07, 6.45) is 2.18. The number of carbonyl (C=O) groups is 2. The Kier molecular flexibility index (Phi) is 8.39. The van der Waals surface area contributed by atoms with Crippen molar-refractivity contribution in [2.75, 3.05) is 13.1 Å². The number of Topliss-reactive ketones (excluding diaryl/α,β-unsaturated/α-hetero) is 1. The highest BCUT2D eigenvalue weighted by Gasteiger charge is 2.26. The Balaban J connectivity index is 1.94. The van der Waals surface area contributed by atoms with Gasteiger partial charge in [0, 0.05) is 17.8 Å². The number of H-pyrrole nitrogens is 1. The molecule has 6 heteroatoms. The van der Waals surface area contributed by atoms with Crippen molar-refractivity contribution in [3.05, 3.63) is 86.3 Å². The first-order valence-corrected chi connectivity index (χ1v) is 12.8. The minimum Gasteiger partial charge on any atom is -0.331 e. The molecule has 1 heterocycles. The number of unbranched alkanes of at least 4 members (excludes halogenated alkanes) is 1. The predicted molar refractivity (Wildman–Crippen MR) is 146 cm³/mol. The Morgan fingerprint density at radius 3 is 2.25 bits per heavy atom. The molecule has 0 bridgehead atoms. The van der Waals surface area contributed by atoms with Gasteiger partial charge >= 0.3 is 0 Å². The number of ketones is 1. The summed E-state index contributed by atoms with van der Waals surface area (Å²) < 4.78 is 1.46. The number of aryl methyl sites for hydroxylation is 2. The number of nitrogens with one attached hydrogen (secondary N) is 1. The van der Waals surface area contributed by atoms with Crippen LogP contribution >= 0.6 is 0 Å². The van der Waals surface area contributed by atoms with Gasteiger partial charge in [-0.1, -0.05) is 65.3 Å². The molecule has 2 aromatic carbocycles. The summed E-state index contributed by atoms with van der Waals surface area (Å²) in [6, 6.07) is 13.3. The number of nitrogens with zero attached hydrogens (tertiary/aromatic N) is 2. The molecular weight excluding hydrogens is 450 g/mol. The van der Waals surface area contributed by atoms with Crippen molar-refractivity contribution in [1.82, 2.24) is 14.7 Å². The first-order valence-electron chi connectivity index (χ1n) is 12.8. The second-order valence-corrected chi connectivity index (χ2v) is 10.5. The first-order chi connectivity index (χ1) is 17.0. The van der Waals surface area contributed by atoms with E-state index < -0.39 is 0 Å². The van der Waals surface area contributed by atoms with Gasteiger partial charge in [0.2, 0.25) is 0 Å². The number of benzene rings is 2. The maximum absolute atomic E-state index is 13.5. The number of amides is 1. The fourth-order valence-electron chi connectivity index (χ4n) is 4.32. The third-order valence-electron chi connectivity index (χ3n) is 6.82. The van der Waals surface area contributed by atoms with E-state index in [4.69, 9.17) is 0 Å². The third-order valence-corrected chi connectivity index (χ3v) is 6.82. The summed E-state index contributed by atoms with van der Waals surface area (Å²) >= 11 is 0. The SMILES string of the molecule is CCCCN(CC(=O)c1c(CC)[nH]n(-c2cccc(C)c2C)c1=O)C(=O)c1ccc(C(C)(C)C)cc1. The second kappa shape index (κ2) is 11.1. The Bertz CT molecular complexity index is 1290. The van der Waals surface area contributed by atoms with E-state index in [2.05, 4.69) is 25.9 Å². The Hall–Kier alpha value is -3.41. The highest BCUT2D eigenvalue weighted by molar-refractivity contribution is 6.02. The summed E-state index contributed by atoms with van der Waals surface area (Å²) in [6.45, 7) is 14.6. The van der Waals surface area contributed by atoms with E-state index in [-0.39, 0.29) is 34.8 Å². The second-order valence-electron chi connectivity index (χ2n) is 10.5. The predicted octanol–water partition coefficient (Wildman–Crippen LogP) is 5.77. The highest BCUT2D eigenvalue weighted by Crippen LogP contribution is 2.23. The molecule has 0 radical (unpaired) electrons. The zero-order valence-corrected chi connectivity index (χ0v) is 22.7. The van der Waals surface area contributed by atoms with Crippen LogP contribution in [0.2, 0.25) is 0 Å². The molecular formula is C30H39N3O3. The molecule has 1 amide bonds. The summed E-state index contributed by atoms with van der Waals surface area (Å²) in [5, 5.41) is 3.14. The lowest BCUT2D eigenvalue weighted by atomic mass is 9.86. The van der Waals surface area contributed by atoms with Crippen LogP contribution in [0.5, 0.6) is 0 Å². The van der Waals surface area contributed by atoms with Crippen LogP contribution in [-0.2, 0) is 11.8 Å². The van der Waals surface area contributed by atoms with Crippen LogP contribution in [-0.4, -0.2) is 39.5 Å². The minimum atomic E-state index is -0.372. The minimum absolute atomic E-state index is 0.0141. The lowest BCUT2D eigenvalue weighted by Crippen LogP contribution is -2.38. The van der Waals surface area contributed by atoms with Gasteiger partial charge in [-0.05, 0) is 67.0 Å². The average molecular weight is 490 g/mol. The largest absolute Gasteiger partial charge is 0.331 e. The summed E-state index contributed by atoms with van der Waals surface area (Å²) in [7, 11) is 0. The third kappa shape index (κ3) is 5.69. The Labute approximate surface area is 214 Å². The van der Waals surface area contributed by atoms with Crippen molar-refractivity contribution in [3.8, 4) is 5.69 Å². The van der Waals surface area contributed by atoms with Gasteiger partial charge in [0.1, 0.15) is 5.56 Å². The van der Waals surface area contributed by atoms with Gasteiger partial charge in [0.15, 0.2) is 5.78 Å². The smallest absolute Gasteiger partial charge is 0.282 e. The summed E-state index contributed by atoms with van der Waals surface area (Å²) in [5.41, 5.74) is 4.79. The van der Waals surface area contributed by atoms with Gasteiger partial charge < -0.3 is 4.90 Å². The molecule has 36 heavy (non-hydrogen) atoms. The van der Waals surface area contributed by atoms with Crippen LogP contribution in [0.15, 0.2) is 47.3 Å². The highest BCUT2D eigenvalue weighted by atomic mass is 16.2. The molecule has 0 aliphatic heterocycles. The van der Waals surface area contributed by atoms with Gasteiger partial charge in [-0.25, -0.2) is 4.68 Å². The monoisotopic (exact) mass is 489 g/mol. The standard InChI is InChI=1S/C30H39N3O3/c1-8-10-18-32(28(35)22-14-16-23(17-15-22)30(5,6)7)19-26(34)27-24(9-2)31-33(29(27)36)25-13-11-12-20(3)21(25)4/h11-17,31H,8-10,18-19H2,1-7H3. The van der Waals surface area contributed by atoms with E-state index in [0.717, 1.165) is 35.2 Å². The van der Waals surface area contributed by atoms with Crippen molar-refractivity contribution in [1.29, 1.82) is 0 Å². The molecule has 0 saturated carbocycles. The van der Waals surface area contributed by atoms with Gasteiger partial charge in [0.05, 0.1) is 12.2 Å². The molecule has 0 fully saturated rings. The Morgan fingerprint density at radius 1 is 1.00 bits per heavy atom. The molecule has 6 nitrogen and oxygen atoms in total. The van der Waals surface area contributed by atoms with Crippen molar-refractivity contribution in [3.63, 3.8) is 0 Å². The van der Waals surface area contributed by atoms with Crippen molar-refractivity contribution >= 4 is 11.7 Å². The van der Waals surface area contributed by atoms with Crippen molar-refractivity contribution < 1.29 is 9.59 Å². The summed E-state index contributed by atoms with van der Waals surface area (Å²) in [5.74, 6) is -0.534. The molecule has 3 rings (SSSR count). The first kappa shape index (κ1) is 27.2. The number of aromatic nitrogens is 2. The molecule has 0 spiro atoms. The lowest BCUT2D eigenvalue weighted by molar-refractivity contribution is 0.0706. The maximum atomic E-state index is 13.5. The van der Waals surface area contributed by atoms with Crippen LogP contribution in [0.25, 0.3) is 5.69 Å². The number of aromatic amines is 1. The van der Waals surface area contributed by atoms with Crippen LogP contribution in [0.4, 0.5) is 0 Å². The normalized spacial score (nSPS) is 11.5. The quantitative estimate of drug-likeness (QED) is 0.388.